The first-order chi connectivity index (χ1) is 17.0. The maximum atomic E-state index is 13.7. The van der Waals surface area contributed by atoms with Crippen LogP contribution in [0.4, 0.5) is 5.69 Å². The molecule has 7 nitrogen and oxygen atoms in total. The number of nitrogens with one attached hydrogen (secondary N) is 2. The van der Waals surface area contributed by atoms with E-state index in [-0.39, 0.29) is 30.3 Å². The average Bonchev–Trinajstić information content (AvgIpc) is 3.42. The van der Waals surface area contributed by atoms with Gasteiger partial charge in [0.15, 0.2) is 0 Å². The molecule has 182 valence electrons. The molecule has 0 spiro atoms. The molecule has 1 aliphatic rings. The molecule has 1 atom stereocenters. The van der Waals surface area contributed by atoms with E-state index in [2.05, 4.69) is 15.6 Å². The molecule has 1 aliphatic carbocycles. The van der Waals surface area contributed by atoms with Crippen LogP contribution in [-0.4, -0.2) is 35.3 Å². The lowest BCUT2D eigenvalue weighted by Gasteiger charge is -2.33. The number of hydrogen-bond donors (Lipinski definition) is 2. The van der Waals surface area contributed by atoms with Gasteiger partial charge in [0, 0.05) is 29.7 Å². The van der Waals surface area contributed by atoms with Gasteiger partial charge in [0.25, 0.3) is 5.91 Å². The molecule has 0 unspecified atom stereocenters. The largest absolute Gasteiger partial charge is 0.351 e. The summed E-state index contributed by atoms with van der Waals surface area (Å²) in [6, 6.07) is 13.7. The SMILES string of the molecule is Cc1cccc(N(C(=O)CNC(=O)c2cccs2)[C@@H](C(=O)NC2CCCCC2)c2cccnc2)c1. The lowest BCUT2D eigenvalue weighted by molar-refractivity contribution is -0.127. The van der Waals surface area contributed by atoms with Crippen LogP contribution in [0.15, 0.2) is 66.3 Å². The fraction of sp³-hybridized carbons (Fsp3) is 0.333. The molecule has 0 radical (unpaired) electrons. The van der Waals surface area contributed by atoms with Crippen LogP contribution in [-0.2, 0) is 9.59 Å². The van der Waals surface area contributed by atoms with Gasteiger partial charge in [0.2, 0.25) is 11.8 Å². The third-order valence-corrected chi connectivity index (χ3v) is 7.02. The van der Waals surface area contributed by atoms with Crippen molar-refractivity contribution in [3.05, 3.63) is 82.3 Å². The predicted octanol–water partition coefficient (Wildman–Crippen LogP) is 4.40. The van der Waals surface area contributed by atoms with Crippen molar-refractivity contribution in [3.63, 3.8) is 0 Å². The number of amides is 3. The number of carbonyl (C=O) groups is 3. The second-order valence-electron chi connectivity index (χ2n) is 8.80. The van der Waals surface area contributed by atoms with Crippen molar-refractivity contribution < 1.29 is 14.4 Å². The van der Waals surface area contributed by atoms with Crippen LogP contribution in [0.2, 0.25) is 0 Å². The third-order valence-electron chi connectivity index (χ3n) is 6.15. The Kier molecular flexibility index (Phi) is 8.26. The monoisotopic (exact) mass is 490 g/mol. The summed E-state index contributed by atoms with van der Waals surface area (Å²) in [6.07, 6.45) is 8.46. The number of hydrogen-bond acceptors (Lipinski definition) is 5. The average molecular weight is 491 g/mol. The number of thiophene rings is 1. The first kappa shape index (κ1) is 24.6. The molecule has 2 heterocycles. The molecule has 1 aromatic carbocycles. The van der Waals surface area contributed by atoms with E-state index in [0.29, 0.717) is 16.1 Å². The fourth-order valence-corrected chi connectivity index (χ4v) is 5.07. The standard InChI is InChI=1S/C27H30N4O3S/c1-19-8-5-12-22(16-19)31(24(32)18-29-26(33)23-13-7-15-35-23)25(20-9-6-14-28-17-20)27(34)30-21-10-3-2-4-11-21/h5-9,12-17,21,25H,2-4,10-11,18H2,1H3,(H,29,33)(H,30,34)/t25-/m1/s1. The van der Waals surface area contributed by atoms with Crippen molar-refractivity contribution in [1.82, 2.24) is 15.6 Å². The number of aryl methyl sites for hydroxylation is 1. The van der Waals surface area contributed by atoms with Crippen molar-refractivity contribution in [2.24, 2.45) is 0 Å². The van der Waals surface area contributed by atoms with Crippen LogP contribution in [0.25, 0.3) is 0 Å². The molecule has 1 fully saturated rings. The van der Waals surface area contributed by atoms with Crippen LogP contribution in [0.3, 0.4) is 0 Å². The van der Waals surface area contributed by atoms with E-state index in [4.69, 9.17) is 0 Å². The Bertz CT molecular complexity index is 1140. The van der Waals surface area contributed by atoms with Gasteiger partial charge >= 0.3 is 0 Å². The second kappa shape index (κ2) is 11.8. The maximum Gasteiger partial charge on any atom is 0.261 e. The summed E-state index contributed by atoms with van der Waals surface area (Å²) < 4.78 is 0. The minimum atomic E-state index is -0.918. The van der Waals surface area contributed by atoms with Gasteiger partial charge < -0.3 is 10.6 Å². The normalized spacial score (nSPS) is 14.7. The van der Waals surface area contributed by atoms with Crippen molar-refractivity contribution in [2.45, 2.75) is 51.1 Å². The summed E-state index contributed by atoms with van der Waals surface area (Å²) in [5, 5.41) is 7.70. The van der Waals surface area contributed by atoms with E-state index in [9.17, 15) is 14.4 Å². The molecule has 2 N–H and O–H groups in total. The zero-order chi connectivity index (χ0) is 24.6. The van der Waals surface area contributed by atoms with Crippen molar-refractivity contribution in [3.8, 4) is 0 Å². The zero-order valence-electron chi connectivity index (χ0n) is 19.8. The number of anilines is 1. The number of rotatable bonds is 8. The van der Waals surface area contributed by atoms with Gasteiger partial charge in [-0.25, -0.2) is 0 Å². The van der Waals surface area contributed by atoms with Crippen LogP contribution < -0.4 is 15.5 Å². The molecule has 3 amide bonds. The Morgan fingerprint density at radius 2 is 1.91 bits per heavy atom. The molecular weight excluding hydrogens is 460 g/mol. The molecule has 35 heavy (non-hydrogen) atoms. The Morgan fingerprint density at radius 1 is 1.09 bits per heavy atom. The van der Waals surface area contributed by atoms with Crippen LogP contribution in [0, 0.1) is 6.92 Å². The minimum absolute atomic E-state index is 0.0865. The van der Waals surface area contributed by atoms with E-state index >= 15 is 0 Å². The molecular formula is C27H30N4O3S. The molecule has 4 rings (SSSR count). The maximum absolute atomic E-state index is 13.7. The number of pyridine rings is 1. The second-order valence-corrected chi connectivity index (χ2v) is 9.74. The molecule has 2 aromatic heterocycles. The predicted molar refractivity (Wildman–Crippen MR) is 137 cm³/mol. The van der Waals surface area contributed by atoms with Crippen molar-refractivity contribution >= 4 is 34.7 Å². The highest BCUT2D eigenvalue weighted by Gasteiger charge is 2.34. The van der Waals surface area contributed by atoms with Crippen LogP contribution >= 0.6 is 11.3 Å². The van der Waals surface area contributed by atoms with E-state index in [1.54, 1.807) is 36.7 Å². The molecule has 8 heteroatoms. The topological polar surface area (TPSA) is 91.4 Å². The number of aromatic nitrogens is 1. The smallest absolute Gasteiger partial charge is 0.261 e. The summed E-state index contributed by atoms with van der Waals surface area (Å²) in [4.78, 5) is 46.1. The fourth-order valence-electron chi connectivity index (χ4n) is 4.43. The number of carbonyl (C=O) groups excluding carboxylic acids is 3. The number of benzene rings is 1. The molecule has 0 saturated heterocycles. The first-order valence-corrected chi connectivity index (χ1v) is 12.8. The zero-order valence-corrected chi connectivity index (χ0v) is 20.6. The summed E-state index contributed by atoms with van der Waals surface area (Å²) in [7, 11) is 0. The Morgan fingerprint density at radius 3 is 2.60 bits per heavy atom. The van der Waals surface area contributed by atoms with Gasteiger partial charge in [-0.2, -0.15) is 0 Å². The van der Waals surface area contributed by atoms with Crippen molar-refractivity contribution in [1.29, 1.82) is 0 Å². The third kappa shape index (κ3) is 6.33. The Balaban J connectivity index is 1.66. The Hall–Kier alpha value is -3.52. The first-order valence-electron chi connectivity index (χ1n) is 11.9. The van der Waals surface area contributed by atoms with Gasteiger partial charge in [-0.3, -0.25) is 24.3 Å². The van der Waals surface area contributed by atoms with Gasteiger partial charge in [-0.1, -0.05) is 43.5 Å². The molecule has 1 saturated carbocycles. The highest BCUT2D eigenvalue weighted by molar-refractivity contribution is 7.12. The summed E-state index contributed by atoms with van der Waals surface area (Å²) in [6.45, 7) is 1.70. The minimum Gasteiger partial charge on any atom is -0.351 e. The number of nitrogens with zero attached hydrogens (tertiary/aromatic N) is 2. The lowest BCUT2D eigenvalue weighted by atomic mass is 9.94. The quantitative estimate of drug-likeness (QED) is 0.490. The summed E-state index contributed by atoms with van der Waals surface area (Å²) in [5.74, 6) is -0.945. The van der Waals surface area contributed by atoms with Crippen LogP contribution in [0.5, 0.6) is 0 Å². The van der Waals surface area contributed by atoms with Crippen LogP contribution in [0.1, 0.15) is 58.9 Å². The van der Waals surface area contributed by atoms with Crippen molar-refractivity contribution in [2.75, 3.05) is 11.4 Å². The molecule has 0 bridgehead atoms. The van der Waals surface area contributed by atoms with Gasteiger partial charge in [0.05, 0.1) is 11.4 Å². The van der Waals surface area contributed by atoms with E-state index < -0.39 is 6.04 Å². The Labute approximate surface area is 209 Å². The van der Waals surface area contributed by atoms with E-state index in [1.807, 2.05) is 36.6 Å². The summed E-state index contributed by atoms with van der Waals surface area (Å²) >= 11 is 1.31. The van der Waals surface area contributed by atoms with Gasteiger partial charge in [-0.15, -0.1) is 11.3 Å². The molecule has 0 aliphatic heterocycles. The summed E-state index contributed by atoms with van der Waals surface area (Å²) in [5.41, 5.74) is 2.16. The highest BCUT2D eigenvalue weighted by Crippen LogP contribution is 2.29. The van der Waals surface area contributed by atoms with Gasteiger partial charge in [-0.05, 0) is 55.0 Å². The van der Waals surface area contributed by atoms with E-state index in [1.165, 1.54) is 22.7 Å². The highest BCUT2D eigenvalue weighted by atomic mass is 32.1. The lowest BCUT2D eigenvalue weighted by Crippen LogP contribution is -2.49. The van der Waals surface area contributed by atoms with Gasteiger partial charge in [0.1, 0.15) is 6.04 Å². The molecule has 3 aromatic rings. The van der Waals surface area contributed by atoms with E-state index in [0.717, 1.165) is 31.2 Å².